The minimum Gasteiger partial charge on any atom is -0.477 e. The Morgan fingerprint density at radius 2 is 2.08 bits per heavy atom. The summed E-state index contributed by atoms with van der Waals surface area (Å²) >= 11 is 10.1. The molecule has 2 aromatic rings. The Kier molecular flexibility index (Phi) is 8.98. The number of carbonyl (C=O) groups is 1. The maximum atomic E-state index is 15.7. The lowest BCUT2D eigenvalue weighted by Crippen LogP contribution is -2.42. The second-order valence-corrected chi connectivity index (χ2v) is 8.81. The quantitative estimate of drug-likeness (QED) is 0.113. The predicted molar refractivity (Wildman–Crippen MR) is 141 cm³/mol. The molecule has 2 heterocycles. The molecule has 196 valence electrons. The van der Waals surface area contributed by atoms with Gasteiger partial charge in [0.05, 0.1) is 36.1 Å². The maximum Gasteiger partial charge on any atom is 0.335 e. The minimum atomic E-state index is -1.40. The number of carbonyl (C=O) groups excluding carboxylic acids is 1. The van der Waals surface area contributed by atoms with E-state index in [0.29, 0.717) is 24.1 Å². The molecule has 1 aliphatic rings. The molecule has 1 aliphatic heterocycles. The zero-order chi connectivity index (χ0) is 27.3. The number of nitrogens with zero attached hydrogens (tertiary/aromatic N) is 3. The molecule has 0 saturated carbocycles. The van der Waals surface area contributed by atoms with Crippen molar-refractivity contribution in [2.45, 2.75) is 19.8 Å². The lowest BCUT2D eigenvalue weighted by atomic mass is 9.99. The Morgan fingerprint density at radius 1 is 1.35 bits per heavy atom. The number of nitrogens with one attached hydrogen (secondary N) is 1. The van der Waals surface area contributed by atoms with Crippen LogP contribution in [0, 0.1) is 11.6 Å². The van der Waals surface area contributed by atoms with E-state index in [1.807, 2.05) is 6.92 Å². The first kappa shape index (κ1) is 28.2. The number of methoxy groups -OCH3 is 2. The number of quaternary nitrogens is 1. The van der Waals surface area contributed by atoms with Gasteiger partial charge < -0.3 is 14.4 Å². The first-order valence-corrected chi connectivity index (χ1v) is 11.8. The molecular weight excluding hydrogens is 526 g/mol. The van der Waals surface area contributed by atoms with Crippen LogP contribution in [0.3, 0.4) is 0 Å². The smallest absolute Gasteiger partial charge is 0.335 e. The molecular formula is C25H26ClF2N4O4S+. The zero-order valence-electron chi connectivity index (χ0n) is 20.3. The number of esters is 1. The van der Waals surface area contributed by atoms with Crippen molar-refractivity contribution in [2.24, 2.45) is 0 Å². The molecule has 2 N–H and O–H groups in total. The molecule has 0 aliphatic carbocycles. The highest BCUT2D eigenvalue weighted by Crippen LogP contribution is 2.37. The summed E-state index contributed by atoms with van der Waals surface area (Å²) in [5, 5.41) is 11.1. The van der Waals surface area contributed by atoms with Gasteiger partial charge in [0.25, 0.3) is 11.6 Å². The number of thiol groups is 1. The molecule has 3 rings (SSSR count). The van der Waals surface area contributed by atoms with Crippen LogP contribution in [0.2, 0.25) is 5.02 Å². The van der Waals surface area contributed by atoms with Crippen molar-refractivity contribution in [2.75, 3.05) is 19.6 Å². The largest absolute Gasteiger partial charge is 0.477 e. The molecule has 1 aromatic heterocycles. The number of halogens is 3. The Hall–Kier alpha value is -3.38. The lowest BCUT2D eigenvalue weighted by Gasteiger charge is -2.26. The Labute approximate surface area is 223 Å². The molecule has 1 unspecified atom stereocenters. The number of ether oxygens (including phenoxy) is 2. The molecule has 0 saturated heterocycles. The zero-order valence-corrected chi connectivity index (χ0v) is 22.0. The van der Waals surface area contributed by atoms with Crippen LogP contribution in [0.25, 0.3) is 5.57 Å². The average molecular weight is 552 g/mol. The number of hydrogen-bond acceptors (Lipinski definition) is 8. The van der Waals surface area contributed by atoms with Crippen LogP contribution in [0.15, 0.2) is 66.8 Å². The highest BCUT2D eigenvalue weighted by atomic mass is 35.5. The van der Waals surface area contributed by atoms with Gasteiger partial charge in [0.1, 0.15) is 24.3 Å². The third-order valence-corrected chi connectivity index (χ3v) is 5.92. The normalized spacial score (nSPS) is 16.0. The Bertz CT molecular complexity index is 1310. The average Bonchev–Trinajstić information content (AvgIpc) is 2.88. The Balaban J connectivity index is 2.05. The van der Waals surface area contributed by atoms with Crippen molar-refractivity contribution < 1.29 is 28.3 Å². The molecule has 12 heteroatoms. The molecule has 0 bridgehead atoms. The van der Waals surface area contributed by atoms with Gasteiger partial charge in [0, 0.05) is 34.4 Å². The molecule has 1 aromatic carbocycles. The summed E-state index contributed by atoms with van der Waals surface area (Å²) < 4.78 is 39.2. The molecule has 37 heavy (non-hydrogen) atoms. The van der Waals surface area contributed by atoms with E-state index in [1.54, 1.807) is 6.08 Å². The van der Waals surface area contributed by atoms with Crippen LogP contribution in [0.5, 0.6) is 5.88 Å². The molecule has 0 amide bonds. The summed E-state index contributed by atoms with van der Waals surface area (Å²) in [7, 11) is 2.61. The van der Waals surface area contributed by atoms with Crippen molar-refractivity contribution in [3.8, 4) is 5.88 Å². The summed E-state index contributed by atoms with van der Waals surface area (Å²) in [4.78, 5) is 17.8. The van der Waals surface area contributed by atoms with Gasteiger partial charge in [-0.15, -0.1) is 0 Å². The molecule has 0 fully saturated rings. The van der Waals surface area contributed by atoms with E-state index < -0.39 is 21.8 Å². The van der Waals surface area contributed by atoms with Gasteiger partial charge in [-0.1, -0.05) is 37.6 Å². The van der Waals surface area contributed by atoms with Gasteiger partial charge in [-0.25, -0.2) is 18.6 Å². The van der Waals surface area contributed by atoms with Gasteiger partial charge in [0.2, 0.25) is 0 Å². The second-order valence-electron chi connectivity index (χ2n) is 7.79. The standard InChI is InChI=1S/C25H26ClF2N4O4S/c1-5-7-17(25(33)36-4)20-11-8-15(14-31(20)6-2)22-18(27)9-10-19(23(22)28)30-32(34,37)21-12-16(26)13-29-24(21)35-3/h6,8-14,30,34,37H,2,5,7H2,1,3-4H3/q+1/b20-17+. The van der Waals surface area contributed by atoms with Gasteiger partial charge in [-0.3, -0.25) is 0 Å². The number of aromatic nitrogens is 1. The fourth-order valence-corrected chi connectivity index (χ4v) is 4.11. The minimum absolute atomic E-state index is 0.0236. The molecule has 0 radical (unpaired) electrons. The summed E-state index contributed by atoms with van der Waals surface area (Å²) in [6.07, 6.45) is 8.31. The first-order chi connectivity index (χ1) is 17.6. The predicted octanol–water partition coefficient (Wildman–Crippen LogP) is 6.17. The molecule has 1 atom stereocenters. The number of anilines is 1. The molecule has 8 nitrogen and oxygen atoms in total. The number of pyridine rings is 1. The number of allylic oxidation sites excluding steroid dienone is 3. The van der Waals surface area contributed by atoms with Gasteiger partial charge in [0.15, 0.2) is 5.82 Å². The van der Waals surface area contributed by atoms with Crippen molar-refractivity contribution in [1.29, 1.82) is 0 Å². The van der Waals surface area contributed by atoms with E-state index in [4.69, 9.17) is 21.1 Å². The van der Waals surface area contributed by atoms with Gasteiger partial charge in [-0.05, 0) is 24.6 Å². The maximum absolute atomic E-state index is 15.7. The van der Waals surface area contributed by atoms with Gasteiger partial charge in [-0.2, -0.15) is 10.6 Å². The van der Waals surface area contributed by atoms with E-state index in [0.717, 1.165) is 12.1 Å². The summed E-state index contributed by atoms with van der Waals surface area (Å²) in [6.45, 7) is 5.66. The molecule has 0 spiro atoms. The SMILES string of the molecule is C=CN1C=C(c2c(F)ccc(N[N+](O)(S)c3cc(Cl)cnc3OC)c2F)C=C/C1=C(/CCC)C(=O)OC. The topological polar surface area (TPSA) is 83.9 Å². The van der Waals surface area contributed by atoms with Crippen LogP contribution >= 0.6 is 24.4 Å². The monoisotopic (exact) mass is 551 g/mol. The van der Waals surface area contributed by atoms with Crippen molar-refractivity contribution in [1.82, 2.24) is 14.0 Å². The van der Waals surface area contributed by atoms with Crippen LogP contribution in [-0.2, 0) is 9.53 Å². The van der Waals surface area contributed by atoms with E-state index in [-0.39, 0.29) is 33.4 Å². The van der Waals surface area contributed by atoms with Crippen LogP contribution in [0.4, 0.5) is 20.2 Å². The van der Waals surface area contributed by atoms with E-state index >= 15 is 4.39 Å². The summed E-state index contributed by atoms with van der Waals surface area (Å²) in [5.74, 6) is -2.39. The fourth-order valence-electron chi connectivity index (χ4n) is 3.71. The first-order valence-electron chi connectivity index (χ1n) is 11.0. The van der Waals surface area contributed by atoms with E-state index in [1.165, 1.54) is 49.9 Å². The van der Waals surface area contributed by atoms with Gasteiger partial charge >= 0.3 is 5.97 Å². The second kappa shape index (κ2) is 11.8. The number of rotatable bonds is 9. The summed E-state index contributed by atoms with van der Waals surface area (Å²) in [5.41, 5.74) is 2.81. The Morgan fingerprint density at radius 3 is 2.70 bits per heavy atom. The number of benzene rings is 1. The van der Waals surface area contributed by atoms with Crippen LogP contribution in [0.1, 0.15) is 25.3 Å². The van der Waals surface area contributed by atoms with Crippen LogP contribution in [-0.4, -0.2) is 35.3 Å². The highest BCUT2D eigenvalue weighted by molar-refractivity contribution is 7.79. The third kappa shape index (κ3) is 5.96. The lowest BCUT2D eigenvalue weighted by molar-refractivity contribution is -0.136. The van der Waals surface area contributed by atoms with Crippen molar-refractivity contribution in [3.63, 3.8) is 0 Å². The van der Waals surface area contributed by atoms with E-state index in [9.17, 15) is 14.4 Å². The highest BCUT2D eigenvalue weighted by Gasteiger charge is 2.34. The number of hydrogen-bond donors (Lipinski definition) is 3. The van der Waals surface area contributed by atoms with Crippen molar-refractivity contribution >= 4 is 47.3 Å². The third-order valence-electron chi connectivity index (χ3n) is 5.40. The van der Waals surface area contributed by atoms with Crippen LogP contribution < -0.4 is 14.3 Å². The summed E-state index contributed by atoms with van der Waals surface area (Å²) in [6, 6.07) is 3.47. The fraction of sp³-hybridized carbons (Fsp3) is 0.200. The van der Waals surface area contributed by atoms with Crippen molar-refractivity contribution in [3.05, 3.63) is 89.0 Å². The van der Waals surface area contributed by atoms with E-state index in [2.05, 4.69) is 29.8 Å².